The number of nitro groups is 4. The topological polar surface area (TPSA) is 231 Å². The molecule has 0 aromatic heterocycles. The Morgan fingerprint density at radius 2 is 0.806 bits per heavy atom. The second kappa shape index (κ2) is 10.5. The summed E-state index contributed by atoms with van der Waals surface area (Å²) in [5, 5.41) is 49.4. The standard InChI is InChI=1S/C20H18N6O10/c27-19(11-5-15(23(29)30)9-16(6-11)24(31)32)21-13-1-2-14(4-3-13)22-20(28)12-7-17(25(33)34)10-18(8-12)26(35)36/h5-10,13-14H,1-4H2,(H,21,27)(H,22,28). The molecule has 0 aliphatic heterocycles. The predicted molar refractivity (Wildman–Crippen MR) is 120 cm³/mol. The third-order valence-electron chi connectivity index (χ3n) is 5.57. The van der Waals surface area contributed by atoms with E-state index in [2.05, 4.69) is 10.6 Å². The summed E-state index contributed by atoms with van der Waals surface area (Å²) >= 11 is 0. The van der Waals surface area contributed by atoms with Crippen molar-refractivity contribution in [3.63, 3.8) is 0 Å². The number of non-ortho nitro benzene ring substituents is 4. The van der Waals surface area contributed by atoms with Crippen molar-refractivity contribution >= 4 is 34.6 Å². The highest BCUT2D eigenvalue weighted by Gasteiger charge is 2.27. The molecule has 0 atom stereocenters. The van der Waals surface area contributed by atoms with Gasteiger partial charge in [0.15, 0.2) is 0 Å². The van der Waals surface area contributed by atoms with Crippen LogP contribution in [0.15, 0.2) is 36.4 Å². The third kappa shape index (κ3) is 6.10. The number of amides is 2. The lowest BCUT2D eigenvalue weighted by Gasteiger charge is -2.29. The highest BCUT2D eigenvalue weighted by Crippen LogP contribution is 2.26. The molecule has 0 unspecified atom stereocenters. The van der Waals surface area contributed by atoms with Crippen molar-refractivity contribution in [1.82, 2.24) is 10.6 Å². The first kappa shape index (κ1) is 25.6. The molecule has 188 valence electrons. The van der Waals surface area contributed by atoms with Crippen LogP contribution in [0.1, 0.15) is 46.4 Å². The number of hydrogen-bond acceptors (Lipinski definition) is 10. The molecule has 0 radical (unpaired) electrons. The quantitative estimate of drug-likeness (QED) is 0.395. The minimum atomic E-state index is -0.840. The maximum atomic E-state index is 12.5. The lowest BCUT2D eigenvalue weighted by molar-refractivity contribution is -0.394. The summed E-state index contributed by atoms with van der Waals surface area (Å²) in [5.41, 5.74) is -2.86. The van der Waals surface area contributed by atoms with Gasteiger partial charge in [-0.25, -0.2) is 0 Å². The fourth-order valence-electron chi connectivity index (χ4n) is 3.79. The van der Waals surface area contributed by atoms with Crippen LogP contribution in [0.2, 0.25) is 0 Å². The number of carbonyl (C=O) groups is 2. The molecule has 2 aromatic rings. The van der Waals surface area contributed by atoms with Crippen molar-refractivity contribution in [1.29, 1.82) is 0 Å². The molecule has 0 heterocycles. The third-order valence-corrected chi connectivity index (χ3v) is 5.57. The Hall–Kier alpha value is -5.02. The van der Waals surface area contributed by atoms with Gasteiger partial charge in [-0.05, 0) is 25.7 Å². The van der Waals surface area contributed by atoms with Crippen molar-refractivity contribution in [2.45, 2.75) is 37.8 Å². The van der Waals surface area contributed by atoms with E-state index < -0.39 is 54.3 Å². The average molecular weight is 502 g/mol. The van der Waals surface area contributed by atoms with Crippen LogP contribution in [0.5, 0.6) is 0 Å². The summed E-state index contributed by atoms with van der Waals surface area (Å²) in [5.74, 6) is -1.45. The zero-order chi connectivity index (χ0) is 26.6. The second-order valence-corrected chi connectivity index (χ2v) is 8.00. The van der Waals surface area contributed by atoms with Gasteiger partial charge in [0.1, 0.15) is 0 Å². The van der Waals surface area contributed by atoms with Gasteiger partial charge >= 0.3 is 0 Å². The average Bonchev–Trinajstić information content (AvgIpc) is 2.84. The van der Waals surface area contributed by atoms with Crippen LogP contribution in [-0.2, 0) is 0 Å². The van der Waals surface area contributed by atoms with Gasteiger partial charge in [0, 0.05) is 36.3 Å². The Kier molecular flexibility index (Phi) is 7.46. The minimum Gasteiger partial charge on any atom is -0.349 e. The Balaban J connectivity index is 1.62. The maximum Gasteiger partial charge on any atom is 0.277 e. The highest BCUT2D eigenvalue weighted by molar-refractivity contribution is 5.96. The van der Waals surface area contributed by atoms with Crippen LogP contribution in [0.3, 0.4) is 0 Å². The van der Waals surface area contributed by atoms with Crippen LogP contribution in [0, 0.1) is 40.5 Å². The Morgan fingerprint density at radius 3 is 1.03 bits per heavy atom. The smallest absolute Gasteiger partial charge is 0.277 e. The molecule has 0 bridgehead atoms. The molecular weight excluding hydrogens is 484 g/mol. The van der Waals surface area contributed by atoms with Gasteiger partial charge in [-0.1, -0.05) is 0 Å². The number of carbonyl (C=O) groups excluding carboxylic acids is 2. The van der Waals surface area contributed by atoms with E-state index in [4.69, 9.17) is 0 Å². The van der Waals surface area contributed by atoms with E-state index in [0.717, 1.165) is 36.4 Å². The van der Waals surface area contributed by atoms with Crippen molar-refractivity contribution in [3.05, 3.63) is 88.0 Å². The number of benzene rings is 2. The van der Waals surface area contributed by atoms with Gasteiger partial charge < -0.3 is 10.6 Å². The summed E-state index contributed by atoms with van der Waals surface area (Å²) in [6.45, 7) is 0. The Bertz CT molecular complexity index is 1110. The SMILES string of the molecule is O=C(NC1CCC(NC(=O)c2cc([N+](=O)[O-])cc([N+](=O)[O-])c2)CC1)c1cc([N+](=O)[O-])cc([N+](=O)[O-])c1. The first-order valence-electron chi connectivity index (χ1n) is 10.4. The number of nitrogens with zero attached hydrogens (tertiary/aromatic N) is 4. The largest absolute Gasteiger partial charge is 0.349 e. The van der Waals surface area contributed by atoms with E-state index in [1.54, 1.807) is 0 Å². The monoisotopic (exact) mass is 502 g/mol. The van der Waals surface area contributed by atoms with E-state index in [-0.39, 0.29) is 23.2 Å². The normalized spacial score (nSPS) is 17.0. The van der Waals surface area contributed by atoms with E-state index in [1.807, 2.05) is 0 Å². The zero-order valence-electron chi connectivity index (χ0n) is 18.3. The van der Waals surface area contributed by atoms with Gasteiger partial charge in [0.05, 0.1) is 43.0 Å². The van der Waals surface area contributed by atoms with Crippen LogP contribution in [0.25, 0.3) is 0 Å². The summed E-state index contributed by atoms with van der Waals surface area (Å²) in [7, 11) is 0. The lowest BCUT2D eigenvalue weighted by atomic mass is 9.90. The van der Waals surface area contributed by atoms with Crippen LogP contribution < -0.4 is 10.6 Å². The van der Waals surface area contributed by atoms with Crippen LogP contribution >= 0.6 is 0 Å². The van der Waals surface area contributed by atoms with Crippen molar-refractivity contribution < 1.29 is 29.3 Å². The molecule has 2 N–H and O–H groups in total. The first-order valence-corrected chi connectivity index (χ1v) is 10.4. The summed E-state index contributed by atoms with van der Waals surface area (Å²) in [6, 6.07) is 4.50. The number of rotatable bonds is 8. The number of hydrogen-bond donors (Lipinski definition) is 2. The van der Waals surface area contributed by atoms with Crippen LogP contribution in [0.4, 0.5) is 22.7 Å². The molecule has 2 aromatic carbocycles. The van der Waals surface area contributed by atoms with Gasteiger partial charge in [-0.15, -0.1) is 0 Å². The molecule has 1 saturated carbocycles. The Morgan fingerprint density at radius 1 is 0.556 bits per heavy atom. The summed E-state index contributed by atoms with van der Waals surface area (Å²) < 4.78 is 0. The molecule has 16 heteroatoms. The fourth-order valence-corrected chi connectivity index (χ4v) is 3.79. The number of nitrogens with one attached hydrogen (secondary N) is 2. The molecule has 1 aliphatic carbocycles. The summed E-state index contributed by atoms with van der Waals surface area (Å²) in [4.78, 5) is 65.8. The minimum absolute atomic E-state index is 0.237. The van der Waals surface area contributed by atoms with E-state index in [9.17, 15) is 50.0 Å². The molecule has 3 rings (SSSR count). The molecule has 0 spiro atoms. The molecule has 36 heavy (non-hydrogen) atoms. The lowest BCUT2D eigenvalue weighted by Crippen LogP contribution is -2.43. The molecule has 1 fully saturated rings. The zero-order valence-corrected chi connectivity index (χ0v) is 18.3. The van der Waals surface area contributed by atoms with Crippen molar-refractivity contribution in [3.8, 4) is 0 Å². The van der Waals surface area contributed by atoms with E-state index in [0.29, 0.717) is 25.7 Å². The predicted octanol–water partition coefficient (Wildman–Crippen LogP) is 2.79. The molecule has 0 saturated heterocycles. The van der Waals surface area contributed by atoms with E-state index in [1.165, 1.54) is 0 Å². The van der Waals surface area contributed by atoms with E-state index >= 15 is 0 Å². The molecule has 1 aliphatic rings. The van der Waals surface area contributed by atoms with Crippen molar-refractivity contribution in [2.75, 3.05) is 0 Å². The van der Waals surface area contributed by atoms with Gasteiger partial charge in [-0.3, -0.25) is 50.0 Å². The molecule has 16 nitrogen and oxygen atoms in total. The van der Waals surface area contributed by atoms with Crippen molar-refractivity contribution in [2.24, 2.45) is 0 Å². The highest BCUT2D eigenvalue weighted by atomic mass is 16.6. The summed E-state index contributed by atoms with van der Waals surface area (Å²) in [6.07, 6.45) is 1.57. The van der Waals surface area contributed by atoms with Gasteiger partial charge in [0.25, 0.3) is 34.6 Å². The fraction of sp³-hybridized carbons (Fsp3) is 0.300. The second-order valence-electron chi connectivity index (χ2n) is 8.00. The molecule has 2 amide bonds. The first-order chi connectivity index (χ1) is 16.9. The van der Waals surface area contributed by atoms with Gasteiger partial charge in [0.2, 0.25) is 0 Å². The van der Waals surface area contributed by atoms with Gasteiger partial charge in [-0.2, -0.15) is 0 Å². The molecular formula is C20H18N6O10. The maximum absolute atomic E-state index is 12.5. The number of nitro benzene ring substituents is 4. The van der Waals surface area contributed by atoms with Crippen LogP contribution in [-0.4, -0.2) is 43.6 Å². The Labute approximate surface area is 200 Å².